The van der Waals surface area contributed by atoms with E-state index in [1.165, 1.54) is 4.90 Å². The molecule has 0 aliphatic carbocycles. The lowest BCUT2D eigenvalue weighted by molar-refractivity contribution is -0.134. The molecule has 2 fully saturated rings. The van der Waals surface area contributed by atoms with Crippen molar-refractivity contribution in [2.75, 3.05) is 31.1 Å². The molecule has 2 saturated heterocycles. The fourth-order valence-corrected chi connectivity index (χ4v) is 4.45. The molecule has 4 heterocycles. The van der Waals surface area contributed by atoms with Crippen LogP contribution in [-0.2, 0) is 11.8 Å². The van der Waals surface area contributed by atoms with Gasteiger partial charge in [-0.3, -0.25) is 9.69 Å². The molecule has 9 heteroatoms. The molecule has 2 aliphatic rings. The van der Waals surface area contributed by atoms with Crippen molar-refractivity contribution in [2.45, 2.75) is 46.1 Å². The molecule has 0 atom stereocenters. The van der Waals surface area contributed by atoms with Crippen LogP contribution in [0.15, 0.2) is 24.2 Å². The summed E-state index contributed by atoms with van der Waals surface area (Å²) in [5, 5.41) is 0. The van der Waals surface area contributed by atoms with Gasteiger partial charge in [0.15, 0.2) is 5.65 Å². The molecule has 0 radical (unpaired) electrons. The molecule has 4 rings (SSSR count). The number of rotatable bonds is 5. The average Bonchev–Trinajstić information content (AvgIpc) is 3.19. The van der Waals surface area contributed by atoms with Crippen LogP contribution in [0.5, 0.6) is 0 Å². The maximum absolute atomic E-state index is 13.5. The Morgan fingerprint density at radius 1 is 1.19 bits per heavy atom. The largest absolute Gasteiger partial charge is 0.341 e. The van der Waals surface area contributed by atoms with Crippen molar-refractivity contribution in [1.29, 1.82) is 0 Å². The summed E-state index contributed by atoms with van der Waals surface area (Å²) < 4.78 is 1.89. The number of hydrogen-bond donors (Lipinski definition) is 0. The van der Waals surface area contributed by atoms with Gasteiger partial charge in [0.05, 0.1) is 12.5 Å². The molecular formula is C22H31N7O2. The molecule has 3 amide bonds. The van der Waals surface area contributed by atoms with Crippen LogP contribution in [0.25, 0.3) is 11.2 Å². The van der Waals surface area contributed by atoms with Gasteiger partial charge >= 0.3 is 6.03 Å². The molecule has 9 nitrogen and oxygen atoms in total. The SMILES string of the molecule is CC(C)=CCN1C(=O)N(CC(C)C)C2(CCN(c3ncc4c(ncn4C)n3)CC2)C1=O. The highest BCUT2D eigenvalue weighted by molar-refractivity contribution is 6.07. The Bertz CT molecular complexity index is 1030. The summed E-state index contributed by atoms with van der Waals surface area (Å²) >= 11 is 0. The zero-order valence-corrected chi connectivity index (χ0v) is 19.0. The Hall–Kier alpha value is -2.97. The van der Waals surface area contributed by atoms with Crippen LogP contribution in [-0.4, -0.2) is 73.0 Å². The van der Waals surface area contributed by atoms with E-state index in [9.17, 15) is 9.59 Å². The Balaban J connectivity index is 1.57. The lowest BCUT2D eigenvalue weighted by atomic mass is 9.85. The van der Waals surface area contributed by atoms with E-state index in [-0.39, 0.29) is 17.9 Å². The van der Waals surface area contributed by atoms with Crippen molar-refractivity contribution in [3.05, 3.63) is 24.2 Å². The number of aromatic nitrogens is 4. The quantitative estimate of drug-likeness (QED) is 0.541. The number of piperidine rings is 1. The minimum Gasteiger partial charge on any atom is -0.341 e. The van der Waals surface area contributed by atoms with Crippen LogP contribution < -0.4 is 4.90 Å². The second-order valence-corrected chi connectivity index (χ2v) is 9.24. The molecular weight excluding hydrogens is 394 g/mol. The van der Waals surface area contributed by atoms with Crippen LogP contribution in [0.3, 0.4) is 0 Å². The molecule has 2 aromatic rings. The topological polar surface area (TPSA) is 87.5 Å². The predicted octanol–water partition coefficient (Wildman–Crippen LogP) is 2.59. The van der Waals surface area contributed by atoms with Crippen molar-refractivity contribution < 1.29 is 9.59 Å². The van der Waals surface area contributed by atoms with Crippen LogP contribution >= 0.6 is 0 Å². The number of hydrogen-bond acceptors (Lipinski definition) is 6. The fourth-order valence-electron chi connectivity index (χ4n) is 4.45. The zero-order valence-electron chi connectivity index (χ0n) is 19.0. The number of carbonyl (C=O) groups excluding carboxylic acids is 2. The van der Waals surface area contributed by atoms with E-state index < -0.39 is 5.54 Å². The molecule has 1 spiro atoms. The number of urea groups is 1. The molecule has 0 saturated carbocycles. The van der Waals surface area contributed by atoms with Gasteiger partial charge in [-0.05, 0) is 32.6 Å². The van der Waals surface area contributed by atoms with Gasteiger partial charge in [0.2, 0.25) is 5.95 Å². The van der Waals surface area contributed by atoms with Gasteiger partial charge in [-0.1, -0.05) is 25.5 Å². The second-order valence-electron chi connectivity index (χ2n) is 9.24. The standard InChI is InChI=1S/C22H31N7O2/c1-15(2)6-9-28-19(30)22(29(21(28)31)13-16(3)4)7-10-27(11-8-22)20-23-12-17-18(25-20)24-14-26(17)5/h6,12,14,16H,7-11,13H2,1-5H3. The summed E-state index contributed by atoms with van der Waals surface area (Å²) in [7, 11) is 1.91. The number of anilines is 1. The number of nitrogens with zero attached hydrogens (tertiary/aromatic N) is 7. The van der Waals surface area contributed by atoms with Gasteiger partial charge in [0.25, 0.3) is 5.91 Å². The first-order valence-electron chi connectivity index (χ1n) is 10.9. The van der Waals surface area contributed by atoms with E-state index in [0.717, 1.165) is 11.1 Å². The van der Waals surface area contributed by atoms with E-state index in [1.54, 1.807) is 12.5 Å². The van der Waals surface area contributed by atoms with Crippen LogP contribution in [0.1, 0.15) is 40.5 Å². The first-order chi connectivity index (χ1) is 14.7. The summed E-state index contributed by atoms with van der Waals surface area (Å²) in [6.07, 6.45) is 6.58. The Morgan fingerprint density at radius 2 is 1.90 bits per heavy atom. The van der Waals surface area contributed by atoms with Crippen molar-refractivity contribution in [3.63, 3.8) is 0 Å². The van der Waals surface area contributed by atoms with Gasteiger partial charge in [0, 0.05) is 33.2 Å². The minimum absolute atomic E-state index is 0.0728. The van der Waals surface area contributed by atoms with E-state index in [1.807, 2.05) is 36.4 Å². The third kappa shape index (κ3) is 3.66. The first kappa shape index (κ1) is 21.3. The van der Waals surface area contributed by atoms with Crippen molar-refractivity contribution >= 4 is 29.1 Å². The minimum atomic E-state index is -0.775. The predicted molar refractivity (Wildman–Crippen MR) is 119 cm³/mol. The maximum atomic E-state index is 13.5. The smallest absolute Gasteiger partial charge is 0.327 e. The number of carbonyl (C=O) groups is 2. The van der Waals surface area contributed by atoms with Gasteiger partial charge in [0.1, 0.15) is 11.1 Å². The summed E-state index contributed by atoms with van der Waals surface area (Å²) in [4.78, 5) is 45.4. The van der Waals surface area contributed by atoms with E-state index in [0.29, 0.717) is 50.6 Å². The second kappa shape index (κ2) is 7.94. The normalized spacial score (nSPS) is 18.7. The Kier molecular flexibility index (Phi) is 5.45. The van der Waals surface area contributed by atoms with E-state index in [4.69, 9.17) is 0 Å². The van der Waals surface area contributed by atoms with Crippen molar-refractivity contribution in [2.24, 2.45) is 13.0 Å². The molecule has 0 unspecified atom stereocenters. The number of allylic oxidation sites excluding steroid dienone is 1. The summed E-state index contributed by atoms with van der Waals surface area (Å²) in [6, 6.07) is -0.171. The van der Waals surface area contributed by atoms with Gasteiger partial charge in [-0.2, -0.15) is 4.98 Å². The zero-order chi connectivity index (χ0) is 22.3. The monoisotopic (exact) mass is 425 g/mol. The van der Waals surface area contributed by atoms with Crippen LogP contribution in [0, 0.1) is 5.92 Å². The molecule has 0 N–H and O–H groups in total. The Labute approximate surface area is 182 Å². The highest BCUT2D eigenvalue weighted by atomic mass is 16.2. The van der Waals surface area contributed by atoms with Gasteiger partial charge < -0.3 is 14.4 Å². The molecule has 2 aliphatic heterocycles. The summed E-state index contributed by atoms with van der Waals surface area (Å²) in [5.74, 6) is 0.830. The third-order valence-corrected chi connectivity index (χ3v) is 6.20. The van der Waals surface area contributed by atoms with Crippen LogP contribution in [0.4, 0.5) is 10.7 Å². The lowest BCUT2D eigenvalue weighted by Gasteiger charge is -2.42. The third-order valence-electron chi connectivity index (χ3n) is 6.20. The number of amides is 3. The molecule has 2 aromatic heterocycles. The Morgan fingerprint density at radius 3 is 2.55 bits per heavy atom. The molecule has 0 bridgehead atoms. The number of imide groups is 1. The lowest BCUT2D eigenvalue weighted by Crippen LogP contribution is -2.57. The van der Waals surface area contributed by atoms with Crippen molar-refractivity contribution in [3.8, 4) is 0 Å². The highest BCUT2D eigenvalue weighted by Gasteiger charge is 2.57. The summed E-state index contributed by atoms with van der Waals surface area (Å²) in [6.45, 7) is 10.2. The van der Waals surface area contributed by atoms with E-state index in [2.05, 4.69) is 33.7 Å². The van der Waals surface area contributed by atoms with Crippen molar-refractivity contribution in [1.82, 2.24) is 29.3 Å². The number of aryl methyl sites for hydroxylation is 1. The average molecular weight is 426 g/mol. The first-order valence-corrected chi connectivity index (χ1v) is 10.9. The van der Waals surface area contributed by atoms with Crippen LogP contribution in [0.2, 0.25) is 0 Å². The fraction of sp³-hybridized carbons (Fsp3) is 0.591. The molecule has 166 valence electrons. The molecule has 0 aromatic carbocycles. The summed E-state index contributed by atoms with van der Waals surface area (Å²) in [5.41, 5.74) is 1.86. The van der Waals surface area contributed by atoms with Gasteiger partial charge in [-0.15, -0.1) is 0 Å². The highest BCUT2D eigenvalue weighted by Crippen LogP contribution is 2.38. The number of fused-ring (bicyclic) bond motifs is 1. The van der Waals surface area contributed by atoms with Gasteiger partial charge in [-0.25, -0.2) is 14.8 Å². The maximum Gasteiger partial charge on any atom is 0.327 e. The number of imidazole rings is 1. The van der Waals surface area contributed by atoms with E-state index >= 15 is 0 Å². The molecule has 31 heavy (non-hydrogen) atoms.